The van der Waals surface area contributed by atoms with Crippen LogP contribution in [-0.2, 0) is 18.4 Å². The van der Waals surface area contributed by atoms with Crippen LogP contribution in [-0.4, -0.2) is 68.5 Å². The third-order valence-corrected chi connectivity index (χ3v) is 15.7. The molecular weight excluding hydrogens is 900 g/mol. The molecule has 1 amide bonds. The number of aliphatic hydroxyl groups excluding tert-OH is 1. The number of likely N-dealkylation sites (N-methyl/N-ethyl adjacent to an activating group) is 1. The summed E-state index contributed by atoms with van der Waals surface area (Å²) in [5.74, 6) is -0.161. The minimum Gasteiger partial charge on any atom is -0.756 e. The lowest BCUT2D eigenvalue weighted by Crippen LogP contribution is -2.46. The Bertz CT molecular complexity index is 1160. The molecule has 0 aliphatic heterocycles. The Balaban J connectivity index is 4.07. The van der Waals surface area contributed by atoms with Gasteiger partial charge in [0.15, 0.2) is 0 Å². The Morgan fingerprint density at radius 2 is 0.775 bits per heavy atom. The summed E-state index contributed by atoms with van der Waals surface area (Å²) in [6.45, 7) is 4.77. The van der Waals surface area contributed by atoms with Crippen LogP contribution in [0, 0.1) is 0 Å². The lowest BCUT2D eigenvalue weighted by Gasteiger charge is -2.30. The normalized spacial score (nSPS) is 13.8. The molecule has 71 heavy (non-hydrogen) atoms. The molecule has 424 valence electrons. The number of nitrogens with zero attached hydrogens (tertiary/aromatic N) is 1. The maximum Gasteiger partial charge on any atom is 0.268 e. The van der Waals surface area contributed by atoms with Crippen LogP contribution in [0.1, 0.15) is 328 Å². The van der Waals surface area contributed by atoms with E-state index in [2.05, 4.69) is 31.3 Å². The number of phosphoric acid groups is 1. The van der Waals surface area contributed by atoms with E-state index in [1.54, 1.807) is 0 Å². The van der Waals surface area contributed by atoms with Crippen molar-refractivity contribution in [2.24, 2.45) is 0 Å². The van der Waals surface area contributed by atoms with E-state index in [1.807, 2.05) is 21.1 Å². The summed E-state index contributed by atoms with van der Waals surface area (Å²) in [4.78, 5) is 25.6. The van der Waals surface area contributed by atoms with Crippen molar-refractivity contribution in [2.45, 2.75) is 341 Å². The van der Waals surface area contributed by atoms with Crippen molar-refractivity contribution >= 4 is 13.7 Å². The third-order valence-electron chi connectivity index (χ3n) is 14.8. The molecule has 0 aliphatic rings. The van der Waals surface area contributed by atoms with Crippen molar-refractivity contribution in [3.8, 4) is 0 Å². The first-order valence-electron chi connectivity index (χ1n) is 31.5. The number of aliphatic hydroxyl groups is 1. The Labute approximate surface area is 443 Å². The highest BCUT2D eigenvalue weighted by molar-refractivity contribution is 7.45. The van der Waals surface area contributed by atoms with Gasteiger partial charge in [0.25, 0.3) is 7.82 Å². The molecule has 0 radical (unpaired) electrons. The lowest BCUT2D eigenvalue weighted by atomic mass is 10.0. The molecule has 0 aromatic carbocycles. The maximum absolute atomic E-state index is 13.0. The van der Waals surface area contributed by atoms with E-state index in [0.717, 1.165) is 38.5 Å². The van der Waals surface area contributed by atoms with Gasteiger partial charge >= 0.3 is 0 Å². The van der Waals surface area contributed by atoms with Crippen molar-refractivity contribution in [3.63, 3.8) is 0 Å². The second kappa shape index (κ2) is 54.0. The van der Waals surface area contributed by atoms with Crippen molar-refractivity contribution in [2.75, 3.05) is 40.9 Å². The SMILES string of the molecule is CCCCCCCCCC/C=C\CCCCCCCCCCCC(=O)NC(COP(=O)([O-])OCC[N+](C)(C)C)C(O)CCCCCCCCCCCCCCCCCCCCCCCCCCCCCC. The Hall–Kier alpha value is -0.760. The predicted octanol–water partition coefficient (Wildman–Crippen LogP) is 18.8. The fourth-order valence-electron chi connectivity index (χ4n) is 9.80. The number of quaternary nitrogens is 1. The molecule has 0 bridgehead atoms. The molecule has 2 N–H and O–H groups in total. The highest BCUT2D eigenvalue weighted by Crippen LogP contribution is 2.38. The minimum absolute atomic E-state index is 0.0144. The second-order valence-corrected chi connectivity index (χ2v) is 24.5. The van der Waals surface area contributed by atoms with E-state index >= 15 is 0 Å². The van der Waals surface area contributed by atoms with Crippen molar-refractivity contribution in [1.29, 1.82) is 0 Å². The number of phosphoric ester groups is 1. The van der Waals surface area contributed by atoms with Crippen LogP contribution in [0.25, 0.3) is 0 Å². The molecule has 9 heteroatoms. The smallest absolute Gasteiger partial charge is 0.268 e. The molecule has 0 heterocycles. The summed E-state index contributed by atoms with van der Waals surface area (Å²) in [5, 5.41) is 14.1. The fraction of sp³-hybridized carbons (Fsp3) is 0.952. The number of carbonyl (C=O) groups is 1. The van der Waals surface area contributed by atoms with Gasteiger partial charge in [-0.05, 0) is 38.5 Å². The average molecular weight is 1030 g/mol. The van der Waals surface area contributed by atoms with Gasteiger partial charge in [0.05, 0.1) is 39.9 Å². The Morgan fingerprint density at radius 3 is 1.10 bits per heavy atom. The number of hydrogen-bond acceptors (Lipinski definition) is 6. The van der Waals surface area contributed by atoms with E-state index < -0.39 is 20.0 Å². The molecule has 3 atom stereocenters. The summed E-state index contributed by atoms with van der Waals surface area (Å²) >= 11 is 0. The van der Waals surface area contributed by atoms with Gasteiger partial charge in [0.1, 0.15) is 13.2 Å². The van der Waals surface area contributed by atoms with Gasteiger partial charge in [-0.15, -0.1) is 0 Å². The lowest BCUT2D eigenvalue weighted by molar-refractivity contribution is -0.870. The topological polar surface area (TPSA) is 108 Å². The Morgan fingerprint density at radius 1 is 0.479 bits per heavy atom. The number of hydrogen-bond donors (Lipinski definition) is 2. The maximum atomic E-state index is 13.0. The first-order chi connectivity index (χ1) is 34.5. The van der Waals surface area contributed by atoms with E-state index in [4.69, 9.17) is 9.05 Å². The summed E-state index contributed by atoms with van der Waals surface area (Å²) in [5.41, 5.74) is 0. The van der Waals surface area contributed by atoms with E-state index in [9.17, 15) is 19.4 Å². The molecule has 0 fully saturated rings. The summed E-state index contributed by atoms with van der Waals surface area (Å²) in [6, 6.07) is -0.800. The molecule has 0 aromatic heterocycles. The fourth-order valence-corrected chi connectivity index (χ4v) is 10.5. The number of amides is 1. The van der Waals surface area contributed by atoms with Crippen molar-refractivity contribution < 1.29 is 32.9 Å². The molecule has 0 spiro atoms. The molecule has 3 unspecified atom stereocenters. The zero-order valence-electron chi connectivity index (χ0n) is 48.5. The highest BCUT2D eigenvalue weighted by Gasteiger charge is 2.24. The first-order valence-corrected chi connectivity index (χ1v) is 33.0. The summed E-state index contributed by atoms with van der Waals surface area (Å²) < 4.78 is 23.5. The quantitative estimate of drug-likeness (QED) is 0.0272. The van der Waals surface area contributed by atoms with Gasteiger partial charge in [0.2, 0.25) is 5.91 Å². The van der Waals surface area contributed by atoms with E-state index in [0.29, 0.717) is 23.9 Å². The molecule has 0 rings (SSSR count). The van der Waals surface area contributed by atoms with Gasteiger partial charge in [0, 0.05) is 6.42 Å². The number of allylic oxidation sites excluding steroid dienone is 2. The monoisotopic (exact) mass is 1020 g/mol. The van der Waals surface area contributed by atoms with Gasteiger partial charge < -0.3 is 28.8 Å². The van der Waals surface area contributed by atoms with Crippen LogP contribution >= 0.6 is 7.82 Å². The standard InChI is InChI=1S/C62H125N2O6P/c1-6-8-10-12-14-16-18-20-22-24-26-28-29-30-31-32-33-34-36-37-39-41-43-45-47-49-51-53-55-61(65)60(59-70-71(67,68)69-58-57-64(3,4)5)63-62(66)56-54-52-50-48-46-44-42-40-38-35-27-25-23-21-19-17-15-13-11-9-7-2/h25,27,60-61,65H,6-24,26,28-59H2,1-5H3,(H-,63,66,67,68)/b27-25-. The molecular formula is C62H125N2O6P. The van der Waals surface area contributed by atoms with Crippen LogP contribution in [0.3, 0.4) is 0 Å². The van der Waals surface area contributed by atoms with Gasteiger partial charge in [-0.3, -0.25) is 9.36 Å². The zero-order valence-corrected chi connectivity index (χ0v) is 49.4. The molecule has 0 saturated carbocycles. The minimum atomic E-state index is -4.57. The van der Waals surface area contributed by atoms with Gasteiger partial charge in [-0.25, -0.2) is 0 Å². The zero-order chi connectivity index (χ0) is 52.0. The van der Waals surface area contributed by atoms with E-state index in [1.165, 1.54) is 263 Å². The van der Waals surface area contributed by atoms with Gasteiger partial charge in [-0.2, -0.15) is 0 Å². The Kier molecular flexibility index (Phi) is 53.5. The molecule has 0 aromatic rings. The largest absolute Gasteiger partial charge is 0.756 e. The second-order valence-electron chi connectivity index (χ2n) is 23.1. The first kappa shape index (κ1) is 70.2. The van der Waals surface area contributed by atoms with Crippen LogP contribution in [0.15, 0.2) is 12.2 Å². The number of unbranched alkanes of at least 4 members (excludes halogenated alkanes) is 44. The summed E-state index contributed by atoms with van der Waals surface area (Å²) in [6.07, 6.45) is 66.9. The number of carbonyl (C=O) groups excluding carboxylic acids is 1. The average Bonchev–Trinajstić information content (AvgIpc) is 3.33. The van der Waals surface area contributed by atoms with Crippen LogP contribution in [0.2, 0.25) is 0 Å². The third kappa shape index (κ3) is 56.8. The van der Waals surface area contributed by atoms with Crippen molar-refractivity contribution in [3.05, 3.63) is 12.2 Å². The number of rotatable bonds is 59. The van der Waals surface area contributed by atoms with Crippen LogP contribution < -0.4 is 10.2 Å². The predicted molar refractivity (Wildman–Crippen MR) is 307 cm³/mol. The number of nitrogens with one attached hydrogen (secondary N) is 1. The van der Waals surface area contributed by atoms with Crippen molar-refractivity contribution in [1.82, 2.24) is 5.32 Å². The molecule has 0 aliphatic carbocycles. The molecule has 0 saturated heterocycles. The molecule has 8 nitrogen and oxygen atoms in total. The van der Waals surface area contributed by atoms with E-state index in [-0.39, 0.29) is 19.1 Å². The highest BCUT2D eigenvalue weighted by atomic mass is 31.2. The summed E-state index contributed by atoms with van der Waals surface area (Å²) in [7, 11) is 1.32. The van der Waals surface area contributed by atoms with Gasteiger partial charge in [-0.1, -0.05) is 296 Å². The van der Waals surface area contributed by atoms with Crippen LogP contribution in [0.4, 0.5) is 0 Å². The van der Waals surface area contributed by atoms with Crippen LogP contribution in [0.5, 0.6) is 0 Å².